The summed E-state index contributed by atoms with van der Waals surface area (Å²) in [5.41, 5.74) is 1.54. The number of ketones is 1. The standard InChI is InChI=1S/C12H10N2O3/c1-7-2-4-8(5-3-7)11(15)9-6-10(12(16)17)14-13-9/h2-6H,1H3,(H,13,14)(H,16,17). The van der Waals surface area contributed by atoms with Crippen molar-refractivity contribution in [1.29, 1.82) is 0 Å². The van der Waals surface area contributed by atoms with Crippen LogP contribution in [0.5, 0.6) is 0 Å². The molecule has 1 heterocycles. The summed E-state index contributed by atoms with van der Waals surface area (Å²) in [4.78, 5) is 22.6. The van der Waals surface area contributed by atoms with Crippen molar-refractivity contribution in [1.82, 2.24) is 10.2 Å². The number of hydrogen-bond donors (Lipinski definition) is 2. The van der Waals surface area contributed by atoms with Crippen LogP contribution in [-0.2, 0) is 0 Å². The molecule has 86 valence electrons. The number of aromatic amines is 1. The van der Waals surface area contributed by atoms with E-state index in [1.54, 1.807) is 12.1 Å². The number of aromatic nitrogens is 2. The normalized spacial score (nSPS) is 10.2. The fraction of sp³-hybridized carbons (Fsp3) is 0.0833. The molecule has 0 radical (unpaired) electrons. The average Bonchev–Trinajstić information content (AvgIpc) is 2.78. The van der Waals surface area contributed by atoms with Crippen molar-refractivity contribution in [2.24, 2.45) is 0 Å². The summed E-state index contributed by atoms with van der Waals surface area (Å²) in [6.45, 7) is 1.92. The predicted octanol–water partition coefficient (Wildman–Crippen LogP) is 1.65. The van der Waals surface area contributed by atoms with Crippen molar-refractivity contribution in [3.05, 3.63) is 52.8 Å². The zero-order valence-electron chi connectivity index (χ0n) is 9.10. The Bertz CT molecular complexity index is 570. The van der Waals surface area contributed by atoms with Crippen LogP contribution in [-0.4, -0.2) is 27.1 Å². The number of carbonyl (C=O) groups is 2. The second-order valence-corrected chi connectivity index (χ2v) is 3.67. The molecule has 0 fully saturated rings. The molecule has 0 amide bonds. The fourth-order valence-electron chi connectivity index (χ4n) is 1.40. The molecule has 0 atom stereocenters. The van der Waals surface area contributed by atoms with E-state index in [0.29, 0.717) is 5.56 Å². The Hall–Kier alpha value is -2.43. The van der Waals surface area contributed by atoms with E-state index in [9.17, 15) is 9.59 Å². The third-order valence-corrected chi connectivity index (χ3v) is 2.35. The molecule has 1 aromatic carbocycles. The van der Waals surface area contributed by atoms with Gasteiger partial charge >= 0.3 is 5.97 Å². The third kappa shape index (κ3) is 2.23. The first-order valence-electron chi connectivity index (χ1n) is 4.98. The maximum absolute atomic E-state index is 11.9. The average molecular weight is 230 g/mol. The number of benzene rings is 1. The summed E-state index contributed by atoms with van der Waals surface area (Å²) >= 11 is 0. The molecule has 5 heteroatoms. The van der Waals surface area contributed by atoms with E-state index < -0.39 is 5.97 Å². The van der Waals surface area contributed by atoms with Crippen LogP contribution in [0, 0.1) is 6.92 Å². The van der Waals surface area contributed by atoms with Crippen LogP contribution in [0.3, 0.4) is 0 Å². The van der Waals surface area contributed by atoms with Gasteiger partial charge < -0.3 is 5.11 Å². The maximum atomic E-state index is 11.9. The van der Waals surface area contributed by atoms with Crippen LogP contribution in [0.2, 0.25) is 0 Å². The largest absolute Gasteiger partial charge is 0.477 e. The number of carbonyl (C=O) groups excluding carboxylic acids is 1. The molecule has 0 aliphatic heterocycles. The first-order valence-corrected chi connectivity index (χ1v) is 4.98. The Labute approximate surface area is 97.1 Å². The molecular formula is C12H10N2O3. The molecule has 1 aromatic heterocycles. The van der Waals surface area contributed by atoms with Crippen LogP contribution >= 0.6 is 0 Å². The molecular weight excluding hydrogens is 220 g/mol. The lowest BCUT2D eigenvalue weighted by Crippen LogP contribution is -2.01. The molecule has 0 aliphatic carbocycles. The minimum atomic E-state index is -1.14. The van der Waals surface area contributed by atoms with Gasteiger partial charge in [-0.25, -0.2) is 4.79 Å². The number of aryl methyl sites for hydroxylation is 1. The number of hydrogen-bond acceptors (Lipinski definition) is 3. The third-order valence-electron chi connectivity index (χ3n) is 2.35. The molecule has 0 saturated carbocycles. The number of carboxylic acids is 1. The van der Waals surface area contributed by atoms with Gasteiger partial charge in [-0.3, -0.25) is 9.89 Å². The Balaban J connectivity index is 2.30. The topological polar surface area (TPSA) is 83.0 Å². The number of carboxylic acid groups (broad SMARTS) is 1. The van der Waals surface area contributed by atoms with Crippen LogP contribution < -0.4 is 0 Å². The Kier molecular flexibility index (Phi) is 2.74. The molecule has 0 aliphatic rings. The molecule has 0 saturated heterocycles. The minimum Gasteiger partial charge on any atom is -0.477 e. The van der Waals surface area contributed by atoms with Crippen LogP contribution in [0.4, 0.5) is 0 Å². The van der Waals surface area contributed by atoms with E-state index in [1.807, 2.05) is 19.1 Å². The van der Waals surface area contributed by atoms with Gasteiger partial charge in [0.05, 0.1) is 0 Å². The quantitative estimate of drug-likeness (QED) is 0.785. The zero-order valence-corrected chi connectivity index (χ0v) is 9.10. The van der Waals surface area contributed by atoms with Gasteiger partial charge in [0.25, 0.3) is 0 Å². The maximum Gasteiger partial charge on any atom is 0.353 e. The van der Waals surface area contributed by atoms with Crippen molar-refractivity contribution in [3.8, 4) is 0 Å². The predicted molar refractivity (Wildman–Crippen MR) is 60.2 cm³/mol. The second-order valence-electron chi connectivity index (χ2n) is 3.67. The lowest BCUT2D eigenvalue weighted by atomic mass is 10.1. The van der Waals surface area contributed by atoms with Gasteiger partial charge in [-0.2, -0.15) is 5.10 Å². The SMILES string of the molecule is Cc1ccc(C(=O)c2cc(C(=O)O)[nH]n2)cc1. The van der Waals surface area contributed by atoms with E-state index in [4.69, 9.17) is 5.11 Å². The number of nitrogens with one attached hydrogen (secondary N) is 1. The summed E-state index contributed by atoms with van der Waals surface area (Å²) < 4.78 is 0. The number of H-pyrrole nitrogens is 1. The van der Waals surface area contributed by atoms with E-state index in [2.05, 4.69) is 10.2 Å². The van der Waals surface area contributed by atoms with Gasteiger partial charge in [0, 0.05) is 11.6 Å². The number of rotatable bonds is 3. The summed E-state index contributed by atoms with van der Waals surface area (Å²) in [5.74, 6) is -1.44. The highest BCUT2D eigenvalue weighted by Crippen LogP contribution is 2.10. The highest BCUT2D eigenvalue weighted by Gasteiger charge is 2.15. The summed E-state index contributed by atoms with van der Waals surface area (Å²) in [6, 6.07) is 8.24. The van der Waals surface area contributed by atoms with E-state index in [-0.39, 0.29) is 17.2 Å². The van der Waals surface area contributed by atoms with Crippen molar-refractivity contribution < 1.29 is 14.7 Å². The smallest absolute Gasteiger partial charge is 0.353 e. The monoisotopic (exact) mass is 230 g/mol. The molecule has 17 heavy (non-hydrogen) atoms. The van der Waals surface area contributed by atoms with Crippen LogP contribution in [0.15, 0.2) is 30.3 Å². The van der Waals surface area contributed by atoms with Crippen molar-refractivity contribution in [3.63, 3.8) is 0 Å². The Morgan fingerprint density at radius 1 is 1.24 bits per heavy atom. The molecule has 2 rings (SSSR count). The first kappa shape index (κ1) is 11.1. The summed E-state index contributed by atoms with van der Waals surface area (Å²) in [5, 5.41) is 14.7. The number of nitrogens with zero attached hydrogens (tertiary/aromatic N) is 1. The summed E-state index contributed by atoms with van der Waals surface area (Å²) in [7, 11) is 0. The molecule has 5 nitrogen and oxygen atoms in total. The molecule has 0 spiro atoms. The van der Waals surface area contributed by atoms with Crippen LogP contribution in [0.25, 0.3) is 0 Å². The lowest BCUT2D eigenvalue weighted by Gasteiger charge is -1.97. The van der Waals surface area contributed by atoms with Gasteiger partial charge in [-0.05, 0) is 6.92 Å². The van der Waals surface area contributed by atoms with Gasteiger partial charge in [0.2, 0.25) is 5.78 Å². The van der Waals surface area contributed by atoms with Gasteiger partial charge in [0.1, 0.15) is 11.4 Å². The Morgan fingerprint density at radius 2 is 1.88 bits per heavy atom. The van der Waals surface area contributed by atoms with E-state index in [0.717, 1.165) is 5.56 Å². The highest BCUT2D eigenvalue weighted by atomic mass is 16.4. The second kappa shape index (κ2) is 4.21. The van der Waals surface area contributed by atoms with E-state index >= 15 is 0 Å². The lowest BCUT2D eigenvalue weighted by molar-refractivity contribution is 0.0690. The van der Waals surface area contributed by atoms with Gasteiger partial charge in [0.15, 0.2) is 0 Å². The highest BCUT2D eigenvalue weighted by molar-refractivity contribution is 6.08. The Morgan fingerprint density at radius 3 is 2.41 bits per heavy atom. The zero-order chi connectivity index (χ0) is 12.4. The van der Waals surface area contributed by atoms with Crippen molar-refractivity contribution in [2.75, 3.05) is 0 Å². The van der Waals surface area contributed by atoms with Gasteiger partial charge in [-0.1, -0.05) is 29.8 Å². The van der Waals surface area contributed by atoms with Gasteiger partial charge in [-0.15, -0.1) is 0 Å². The number of aromatic carboxylic acids is 1. The summed E-state index contributed by atoms with van der Waals surface area (Å²) in [6.07, 6.45) is 0. The minimum absolute atomic E-state index is 0.0968. The molecule has 0 unspecified atom stereocenters. The fourth-order valence-corrected chi connectivity index (χ4v) is 1.40. The molecule has 2 aromatic rings. The molecule has 0 bridgehead atoms. The van der Waals surface area contributed by atoms with Crippen LogP contribution in [0.1, 0.15) is 32.1 Å². The van der Waals surface area contributed by atoms with Crippen molar-refractivity contribution in [2.45, 2.75) is 6.92 Å². The first-order chi connectivity index (χ1) is 8.08. The van der Waals surface area contributed by atoms with E-state index in [1.165, 1.54) is 6.07 Å². The van der Waals surface area contributed by atoms with Crippen molar-refractivity contribution >= 4 is 11.8 Å². The molecule has 2 N–H and O–H groups in total.